The lowest BCUT2D eigenvalue weighted by molar-refractivity contribution is 0.0691. The molecule has 0 saturated carbocycles. The monoisotopic (exact) mass is 407 g/mol. The van der Waals surface area contributed by atoms with E-state index in [1.54, 1.807) is 6.07 Å². The molecular formula is C24H25NO5. The molecule has 4 rings (SSSR count). The van der Waals surface area contributed by atoms with Gasteiger partial charge in [0.2, 0.25) is 5.76 Å². The molecule has 0 aliphatic carbocycles. The van der Waals surface area contributed by atoms with Crippen molar-refractivity contribution in [3.8, 4) is 5.75 Å². The van der Waals surface area contributed by atoms with E-state index in [0.717, 1.165) is 23.1 Å². The molecule has 1 aliphatic rings. The van der Waals surface area contributed by atoms with Crippen LogP contribution in [0.4, 0.5) is 0 Å². The van der Waals surface area contributed by atoms with Crippen LogP contribution in [0, 0.1) is 13.8 Å². The number of amides is 1. The summed E-state index contributed by atoms with van der Waals surface area (Å²) in [5.74, 6) is 0.342. The molecule has 0 unspecified atom stereocenters. The van der Waals surface area contributed by atoms with Gasteiger partial charge in [0.25, 0.3) is 5.91 Å². The molecule has 156 valence electrons. The second kappa shape index (κ2) is 7.95. The number of hydrogen-bond acceptors (Lipinski definition) is 5. The highest BCUT2D eigenvalue weighted by Crippen LogP contribution is 2.39. The summed E-state index contributed by atoms with van der Waals surface area (Å²) in [5.41, 5.74) is 3.05. The number of nitrogens with zero attached hydrogens (tertiary/aromatic N) is 1. The summed E-state index contributed by atoms with van der Waals surface area (Å²) >= 11 is 0. The van der Waals surface area contributed by atoms with Crippen molar-refractivity contribution in [1.29, 1.82) is 0 Å². The molecule has 2 aromatic carbocycles. The maximum atomic E-state index is 13.6. The maximum Gasteiger partial charge on any atom is 0.290 e. The van der Waals surface area contributed by atoms with Gasteiger partial charge in [-0.25, -0.2) is 0 Å². The Bertz CT molecular complexity index is 1180. The minimum Gasteiger partial charge on any atom is -0.494 e. The fourth-order valence-electron chi connectivity index (χ4n) is 4.19. The summed E-state index contributed by atoms with van der Waals surface area (Å²) in [6.07, 6.45) is 0.875. The number of hydrogen-bond donors (Lipinski definition) is 1. The maximum absolute atomic E-state index is 13.6. The summed E-state index contributed by atoms with van der Waals surface area (Å²) in [5, 5.41) is 10.1. The van der Waals surface area contributed by atoms with Gasteiger partial charge in [0.05, 0.1) is 30.2 Å². The Morgan fingerprint density at radius 3 is 2.70 bits per heavy atom. The molecule has 1 N–H and O–H groups in total. The van der Waals surface area contributed by atoms with Crippen molar-refractivity contribution < 1.29 is 19.1 Å². The lowest BCUT2D eigenvalue weighted by atomic mass is 9.96. The van der Waals surface area contributed by atoms with Gasteiger partial charge in [0, 0.05) is 6.54 Å². The van der Waals surface area contributed by atoms with Gasteiger partial charge in [-0.05, 0) is 55.2 Å². The van der Waals surface area contributed by atoms with Crippen LogP contribution < -0.4 is 10.2 Å². The van der Waals surface area contributed by atoms with E-state index in [-0.39, 0.29) is 30.2 Å². The molecule has 1 aliphatic heterocycles. The fourth-order valence-corrected chi connectivity index (χ4v) is 4.19. The van der Waals surface area contributed by atoms with E-state index in [2.05, 4.69) is 0 Å². The molecular weight excluding hydrogens is 382 g/mol. The quantitative estimate of drug-likeness (QED) is 0.673. The van der Waals surface area contributed by atoms with Crippen LogP contribution in [-0.2, 0) is 0 Å². The third kappa shape index (κ3) is 3.27. The van der Waals surface area contributed by atoms with E-state index in [0.29, 0.717) is 28.9 Å². The zero-order valence-electron chi connectivity index (χ0n) is 17.4. The molecule has 0 saturated heterocycles. The number of fused-ring (bicyclic) bond motifs is 2. The second-order valence-corrected chi connectivity index (χ2v) is 7.67. The number of aliphatic hydroxyl groups excluding tert-OH is 1. The van der Waals surface area contributed by atoms with Gasteiger partial charge in [-0.2, -0.15) is 0 Å². The van der Waals surface area contributed by atoms with Crippen molar-refractivity contribution in [2.24, 2.45) is 0 Å². The van der Waals surface area contributed by atoms with Gasteiger partial charge in [0.1, 0.15) is 11.3 Å². The lowest BCUT2D eigenvalue weighted by Crippen LogP contribution is -2.32. The summed E-state index contributed by atoms with van der Waals surface area (Å²) < 4.78 is 11.7. The van der Waals surface area contributed by atoms with Crippen molar-refractivity contribution in [3.63, 3.8) is 0 Å². The minimum atomic E-state index is -0.633. The Balaban J connectivity index is 1.95. The SMILES string of the molecule is CCCOc1cccc([C@@H]2c3c(oc4cc(C)cc(C)c4c3=O)C(=O)N2CCO)c1. The normalized spacial score (nSPS) is 15.7. The summed E-state index contributed by atoms with van der Waals surface area (Å²) in [4.78, 5) is 28.2. The highest BCUT2D eigenvalue weighted by molar-refractivity contribution is 5.99. The third-order valence-corrected chi connectivity index (χ3v) is 5.40. The number of ether oxygens (including phenoxy) is 1. The Hall–Kier alpha value is -3.12. The Kier molecular flexibility index (Phi) is 5.35. The van der Waals surface area contributed by atoms with Crippen molar-refractivity contribution in [2.75, 3.05) is 19.8 Å². The Morgan fingerprint density at radius 1 is 1.17 bits per heavy atom. The summed E-state index contributed by atoms with van der Waals surface area (Å²) in [6.45, 7) is 6.28. The fraction of sp³-hybridized carbons (Fsp3) is 0.333. The molecule has 0 fully saturated rings. The van der Waals surface area contributed by atoms with Crippen molar-refractivity contribution in [2.45, 2.75) is 33.2 Å². The zero-order chi connectivity index (χ0) is 21.4. The highest BCUT2D eigenvalue weighted by Gasteiger charge is 2.42. The van der Waals surface area contributed by atoms with Crippen molar-refractivity contribution >= 4 is 16.9 Å². The first-order valence-electron chi connectivity index (χ1n) is 10.2. The molecule has 0 radical (unpaired) electrons. The van der Waals surface area contributed by atoms with E-state index in [1.165, 1.54) is 4.90 Å². The molecule has 1 amide bonds. The Morgan fingerprint density at radius 2 is 1.97 bits per heavy atom. The molecule has 3 aromatic rings. The van der Waals surface area contributed by atoms with Crippen LogP contribution in [0.3, 0.4) is 0 Å². The van der Waals surface area contributed by atoms with Gasteiger partial charge in [-0.1, -0.05) is 25.1 Å². The van der Waals surface area contributed by atoms with Crippen molar-refractivity contribution in [3.05, 3.63) is 74.6 Å². The van der Waals surface area contributed by atoms with Crippen molar-refractivity contribution in [1.82, 2.24) is 4.90 Å². The van der Waals surface area contributed by atoms with E-state index in [4.69, 9.17) is 9.15 Å². The zero-order valence-corrected chi connectivity index (χ0v) is 17.4. The molecule has 6 nitrogen and oxygen atoms in total. The third-order valence-electron chi connectivity index (χ3n) is 5.40. The topological polar surface area (TPSA) is 80.0 Å². The molecule has 30 heavy (non-hydrogen) atoms. The van der Waals surface area contributed by atoms with Crippen LogP contribution in [0.1, 0.15) is 52.2 Å². The first kappa shape index (κ1) is 20.2. The number of rotatable bonds is 6. The van der Waals surface area contributed by atoms with Crippen LogP contribution >= 0.6 is 0 Å². The van der Waals surface area contributed by atoms with Gasteiger partial charge in [0.15, 0.2) is 5.43 Å². The molecule has 1 aromatic heterocycles. The van der Waals surface area contributed by atoms with Gasteiger partial charge in [-0.3, -0.25) is 9.59 Å². The van der Waals surface area contributed by atoms with Gasteiger partial charge < -0.3 is 19.2 Å². The number of carbonyl (C=O) groups excluding carboxylic acids is 1. The van der Waals surface area contributed by atoms with Crippen LogP contribution in [0.2, 0.25) is 0 Å². The first-order valence-corrected chi connectivity index (χ1v) is 10.2. The van der Waals surface area contributed by atoms with E-state index >= 15 is 0 Å². The van der Waals surface area contributed by atoms with Gasteiger partial charge >= 0.3 is 0 Å². The predicted octanol–water partition coefficient (Wildman–Crippen LogP) is 3.74. The summed E-state index contributed by atoms with van der Waals surface area (Å²) in [7, 11) is 0. The van der Waals surface area contributed by atoms with E-state index in [9.17, 15) is 14.7 Å². The second-order valence-electron chi connectivity index (χ2n) is 7.67. The summed E-state index contributed by atoms with van der Waals surface area (Å²) in [6, 6.07) is 10.5. The Labute approximate surface area is 174 Å². The minimum absolute atomic E-state index is 0.0517. The lowest BCUT2D eigenvalue weighted by Gasteiger charge is -2.24. The van der Waals surface area contributed by atoms with Crippen LogP contribution in [0.25, 0.3) is 11.0 Å². The van der Waals surface area contributed by atoms with Crippen LogP contribution in [-0.4, -0.2) is 35.7 Å². The smallest absolute Gasteiger partial charge is 0.290 e. The average Bonchev–Trinajstić information content (AvgIpc) is 2.99. The highest BCUT2D eigenvalue weighted by atomic mass is 16.5. The average molecular weight is 407 g/mol. The number of carbonyl (C=O) groups is 1. The predicted molar refractivity (Wildman–Crippen MR) is 114 cm³/mol. The number of β-amino-alcohol motifs (C(OH)–C–C–N with tert-alkyl or cyclic N) is 1. The first-order chi connectivity index (χ1) is 14.5. The molecule has 0 bridgehead atoms. The van der Waals surface area contributed by atoms with Crippen LogP contribution in [0.15, 0.2) is 45.6 Å². The number of aryl methyl sites for hydroxylation is 2. The number of aliphatic hydroxyl groups is 1. The van der Waals surface area contributed by atoms with Gasteiger partial charge in [-0.15, -0.1) is 0 Å². The standard InChI is InChI=1S/C24H25NO5/c1-4-10-29-17-7-5-6-16(13-17)21-20-22(27)19-15(3)11-14(2)12-18(19)30-23(20)24(28)25(21)8-9-26/h5-7,11-13,21,26H,4,8-10H2,1-3H3/t21-/m1/s1. The van der Waals surface area contributed by atoms with E-state index in [1.807, 2.05) is 51.1 Å². The molecule has 1 atom stereocenters. The van der Waals surface area contributed by atoms with Crippen LogP contribution in [0.5, 0.6) is 5.75 Å². The molecule has 0 spiro atoms. The molecule has 2 heterocycles. The largest absolute Gasteiger partial charge is 0.494 e. The number of benzene rings is 2. The van der Waals surface area contributed by atoms with E-state index < -0.39 is 6.04 Å². The molecule has 6 heteroatoms.